The lowest BCUT2D eigenvalue weighted by Gasteiger charge is -2.12. The summed E-state index contributed by atoms with van der Waals surface area (Å²) in [5, 5.41) is 8.98. The zero-order chi connectivity index (χ0) is 12.3. The maximum Gasteiger partial charge on any atom is 0.405 e. The van der Waals surface area contributed by atoms with E-state index in [-0.39, 0.29) is 15.7 Å². The Morgan fingerprint density at radius 3 is 2.50 bits per heavy atom. The van der Waals surface area contributed by atoms with Gasteiger partial charge in [0.15, 0.2) is 0 Å². The first kappa shape index (κ1) is 13.0. The van der Waals surface area contributed by atoms with Crippen molar-refractivity contribution < 1.29 is 17.6 Å². The van der Waals surface area contributed by atoms with Crippen molar-refractivity contribution in [2.75, 3.05) is 11.9 Å². The molecule has 0 aliphatic rings. The molecule has 7 heteroatoms. The fourth-order valence-corrected chi connectivity index (χ4v) is 1.40. The summed E-state index contributed by atoms with van der Waals surface area (Å²) < 4.78 is 49.3. The van der Waals surface area contributed by atoms with Gasteiger partial charge in [0.25, 0.3) is 0 Å². The fraction of sp³-hybridized carbons (Fsp3) is 0.222. The average Bonchev–Trinajstić information content (AvgIpc) is 2.18. The van der Waals surface area contributed by atoms with Crippen LogP contribution in [-0.2, 0) is 0 Å². The Labute approximate surface area is 97.3 Å². The third kappa shape index (κ3) is 3.19. The molecule has 0 unspecified atom stereocenters. The second-order valence-corrected chi connectivity index (χ2v) is 3.79. The number of hydrogen-bond acceptors (Lipinski definition) is 2. The van der Waals surface area contributed by atoms with E-state index < -0.39 is 18.5 Å². The van der Waals surface area contributed by atoms with Crippen molar-refractivity contribution in [3.05, 3.63) is 28.0 Å². The van der Waals surface area contributed by atoms with Crippen molar-refractivity contribution in [1.82, 2.24) is 0 Å². The van der Waals surface area contributed by atoms with Crippen LogP contribution in [0.25, 0.3) is 0 Å². The van der Waals surface area contributed by atoms with Gasteiger partial charge in [0.2, 0.25) is 0 Å². The second kappa shape index (κ2) is 4.82. The van der Waals surface area contributed by atoms with Gasteiger partial charge in [-0.05, 0) is 28.1 Å². The molecule has 0 saturated heterocycles. The molecule has 1 rings (SSSR count). The normalized spacial score (nSPS) is 11.3. The molecule has 16 heavy (non-hydrogen) atoms. The lowest BCUT2D eigenvalue weighted by atomic mass is 10.2. The molecule has 0 bridgehead atoms. The molecule has 2 nitrogen and oxygen atoms in total. The molecule has 0 aliphatic heterocycles. The van der Waals surface area contributed by atoms with Crippen molar-refractivity contribution in [3.8, 4) is 0 Å². The van der Waals surface area contributed by atoms with Crippen LogP contribution in [0.5, 0.6) is 0 Å². The summed E-state index contributed by atoms with van der Waals surface area (Å²) >= 11 is 2.88. The topological polar surface area (TPSA) is 35.9 Å². The number of hydrogen-bond donors (Lipinski definition) is 2. The molecule has 0 fully saturated rings. The number of nitrogens with one attached hydrogen (secondary N) is 2. The summed E-state index contributed by atoms with van der Waals surface area (Å²) in [7, 11) is 0. The van der Waals surface area contributed by atoms with Crippen LogP contribution >= 0.6 is 15.9 Å². The molecule has 0 radical (unpaired) electrons. The molecule has 0 saturated carbocycles. The molecule has 0 aliphatic carbocycles. The van der Waals surface area contributed by atoms with Crippen LogP contribution in [0.2, 0.25) is 0 Å². The maximum absolute atomic E-state index is 13.4. The first-order valence-electron chi connectivity index (χ1n) is 4.14. The number of anilines is 1. The highest BCUT2D eigenvalue weighted by Crippen LogP contribution is 2.25. The monoisotopic (exact) mass is 298 g/mol. The van der Waals surface area contributed by atoms with Gasteiger partial charge in [0.05, 0.1) is 10.0 Å². The van der Waals surface area contributed by atoms with E-state index in [0.717, 1.165) is 0 Å². The molecule has 2 N–H and O–H groups in total. The molecule has 0 aromatic heterocycles. The summed E-state index contributed by atoms with van der Waals surface area (Å²) in [6, 6.07) is 2.56. The zero-order valence-corrected chi connectivity index (χ0v) is 9.41. The Bertz CT molecular complexity index is 403. The minimum atomic E-state index is -4.39. The highest BCUT2D eigenvalue weighted by atomic mass is 79.9. The van der Waals surface area contributed by atoms with Crippen LogP contribution in [0, 0.1) is 11.2 Å². The summed E-state index contributed by atoms with van der Waals surface area (Å²) in [6.07, 6.45) is -3.72. The van der Waals surface area contributed by atoms with Crippen molar-refractivity contribution in [1.29, 1.82) is 5.41 Å². The molecule has 0 amide bonds. The van der Waals surface area contributed by atoms with Gasteiger partial charge in [-0.2, -0.15) is 13.2 Å². The van der Waals surface area contributed by atoms with E-state index in [9.17, 15) is 17.6 Å². The summed E-state index contributed by atoms with van der Waals surface area (Å²) in [5.74, 6) is -0.762. The first-order chi connectivity index (χ1) is 7.35. The highest BCUT2D eigenvalue weighted by Gasteiger charge is 2.27. The standard InChI is InChI=1S/C9H7BrF4N2/c10-6-1-2-7(5(3-15)8(6)11)16-4-9(12,13)14/h1-3,15-16H,4H2. The number of benzene rings is 1. The van der Waals surface area contributed by atoms with Gasteiger partial charge in [-0.15, -0.1) is 0 Å². The van der Waals surface area contributed by atoms with E-state index in [1.807, 2.05) is 5.32 Å². The fourth-order valence-electron chi connectivity index (χ4n) is 1.06. The van der Waals surface area contributed by atoms with Gasteiger partial charge >= 0.3 is 6.18 Å². The van der Waals surface area contributed by atoms with E-state index in [1.54, 1.807) is 0 Å². The van der Waals surface area contributed by atoms with Crippen LogP contribution in [0.4, 0.5) is 23.2 Å². The number of rotatable bonds is 3. The van der Waals surface area contributed by atoms with Gasteiger partial charge in [0, 0.05) is 11.9 Å². The Morgan fingerprint density at radius 2 is 2.00 bits per heavy atom. The Hall–Kier alpha value is -1.11. The summed E-state index contributed by atoms with van der Waals surface area (Å²) in [5.41, 5.74) is -0.272. The van der Waals surface area contributed by atoms with Crippen LogP contribution < -0.4 is 5.32 Å². The minimum Gasteiger partial charge on any atom is -0.376 e. The van der Waals surface area contributed by atoms with E-state index >= 15 is 0 Å². The molecule has 0 spiro atoms. The molecule has 1 aromatic carbocycles. The molecule has 0 heterocycles. The molecule has 1 aromatic rings. The SMILES string of the molecule is N=Cc1c(NCC(F)(F)F)ccc(Br)c1F. The predicted molar refractivity (Wildman–Crippen MR) is 56.5 cm³/mol. The number of halogens is 5. The largest absolute Gasteiger partial charge is 0.405 e. The summed E-state index contributed by atoms with van der Waals surface area (Å²) in [4.78, 5) is 0. The minimum absolute atomic E-state index is 0.0620. The first-order valence-corrected chi connectivity index (χ1v) is 4.93. The van der Waals surface area contributed by atoms with Gasteiger partial charge in [0.1, 0.15) is 12.4 Å². The van der Waals surface area contributed by atoms with Gasteiger partial charge in [-0.1, -0.05) is 0 Å². The summed E-state index contributed by atoms with van der Waals surface area (Å²) in [6.45, 7) is -1.27. The smallest absolute Gasteiger partial charge is 0.376 e. The molecule has 0 atom stereocenters. The quantitative estimate of drug-likeness (QED) is 0.649. The zero-order valence-electron chi connectivity index (χ0n) is 7.83. The van der Waals surface area contributed by atoms with Crippen LogP contribution in [-0.4, -0.2) is 18.9 Å². The molecule has 88 valence electrons. The molecular formula is C9H7BrF4N2. The lowest BCUT2D eigenvalue weighted by Crippen LogP contribution is -2.22. The van der Waals surface area contributed by atoms with Gasteiger partial charge < -0.3 is 10.7 Å². The van der Waals surface area contributed by atoms with Crippen molar-refractivity contribution in [2.45, 2.75) is 6.18 Å². The van der Waals surface area contributed by atoms with Crippen LogP contribution in [0.1, 0.15) is 5.56 Å². The Morgan fingerprint density at radius 1 is 1.38 bits per heavy atom. The third-order valence-electron chi connectivity index (χ3n) is 1.76. The van der Waals surface area contributed by atoms with Crippen LogP contribution in [0.15, 0.2) is 16.6 Å². The van der Waals surface area contributed by atoms with Crippen LogP contribution in [0.3, 0.4) is 0 Å². The van der Waals surface area contributed by atoms with E-state index in [1.165, 1.54) is 12.1 Å². The van der Waals surface area contributed by atoms with Crippen molar-refractivity contribution >= 4 is 27.8 Å². The highest BCUT2D eigenvalue weighted by molar-refractivity contribution is 9.10. The van der Waals surface area contributed by atoms with Gasteiger partial charge in [-0.3, -0.25) is 0 Å². The Balaban J connectivity index is 2.97. The van der Waals surface area contributed by atoms with E-state index in [2.05, 4.69) is 15.9 Å². The maximum atomic E-state index is 13.4. The van der Waals surface area contributed by atoms with Crippen molar-refractivity contribution in [2.24, 2.45) is 0 Å². The average molecular weight is 299 g/mol. The second-order valence-electron chi connectivity index (χ2n) is 2.94. The van der Waals surface area contributed by atoms with Crippen molar-refractivity contribution in [3.63, 3.8) is 0 Å². The van der Waals surface area contributed by atoms with E-state index in [4.69, 9.17) is 5.41 Å². The third-order valence-corrected chi connectivity index (χ3v) is 2.37. The Kier molecular flexibility index (Phi) is 3.90. The van der Waals surface area contributed by atoms with Gasteiger partial charge in [-0.25, -0.2) is 4.39 Å². The molecular weight excluding hydrogens is 292 g/mol. The van der Waals surface area contributed by atoms with E-state index in [0.29, 0.717) is 6.21 Å². The number of alkyl halides is 3. The lowest BCUT2D eigenvalue weighted by molar-refractivity contribution is -0.115. The predicted octanol–water partition coefficient (Wildman–Crippen LogP) is 3.56.